The number of nitrogens with zero attached hydrogens (tertiary/aromatic N) is 3. The van der Waals surface area contributed by atoms with Crippen molar-refractivity contribution >= 4 is 0 Å². The number of rotatable bonds is 3. The van der Waals surface area contributed by atoms with Gasteiger partial charge < -0.3 is 9.42 Å². The van der Waals surface area contributed by atoms with Gasteiger partial charge in [0.1, 0.15) is 0 Å². The highest BCUT2D eigenvalue weighted by Gasteiger charge is 2.37. The first-order valence-electron chi connectivity index (χ1n) is 6.41. The van der Waals surface area contributed by atoms with Crippen molar-refractivity contribution in [3.8, 4) is 0 Å². The van der Waals surface area contributed by atoms with Crippen LogP contribution in [0.25, 0.3) is 0 Å². The standard InChI is InChI=1S/C12H19N3O/c1-2-3-11-13-12(14-16-11)10-8-15-6-4-9(10)5-7-15/h9-10H,2-8H2,1H3. The molecule has 4 nitrogen and oxygen atoms in total. The minimum atomic E-state index is 0.525. The zero-order valence-corrected chi connectivity index (χ0v) is 9.85. The molecule has 3 fully saturated rings. The summed E-state index contributed by atoms with van der Waals surface area (Å²) in [6.07, 6.45) is 4.60. The van der Waals surface area contributed by atoms with E-state index in [1.165, 1.54) is 25.9 Å². The van der Waals surface area contributed by atoms with Crippen molar-refractivity contribution in [3.05, 3.63) is 11.7 Å². The smallest absolute Gasteiger partial charge is 0.226 e. The number of piperidine rings is 3. The predicted molar refractivity (Wildman–Crippen MR) is 60.2 cm³/mol. The second kappa shape index (κ2) is 4.17. The molecule has 0 saturated carbocycles. The summed E-state index contributed by atoms with van der Waals surface area (Å²) in [6.45, 7) is 5.80. The topological polar surface area (TPSA) is 42.2 Å². The lowest BCUT2D eigenvalue weighted by Gasteiger charge is -2.43. The predicted octanol–water partition coefficient (Wildman–Crippen LogP) is 1.83. The largest absolute Gasteiger partial charge is 0.339 e. The van der Waals surface area contributed by atoms with Crippen LogP contribution in [0.15, 0.2) is 4.52 Å². The first-order valence-corrected chi connectivity index (χ1v) is 6.41. The van der Waals surface area contributed by atoms with E-state index in [0.717, 1.165) is 37.0 Å². The van der Waals surface area contributed by atoms with Crippen molar-refractivity contribution in [1.29, 1.82) is 0 Å². The van der Waals surface area contributed by atoms with Gasteiger partial charge in [0.25, 0.3) is 0 Å². The quantitative estimate of drug-likeness (QED) is 0.781. The van der Waals surface area contributed by atoms with Gasteiger partial charge in [0.2, 0.25) is 5.89 Å². The summed E-state index contributed by atoms with van der Waals surface area (Å²) in [5.41, 5.74) is 0. The van der Waals surface area contributed by atoms with Crippen molar-refractivity contribution in [3.63, 3.8) is 0 Å². The van der Waals surface area contributed by atoms with Gasteiger partial charge in [0, 0.05) is 18.9 Å². The summed E-state index contributed by atoms with van der Waals surface area (Å²) in [4.78, 5) is 7.07. The molecule has 4 heterocycles. The number of fused-ring (bicyclic) bond motifs is 3. The van der Waals surface area contributed by atoms with E-state index >= 15 is 0 Å². The average molecular weight is 221 g/mol. The van der Waals surface area contributed by atoms with Gasteiger partial charge in [0.15, 0.2) is 5.82 Å². The molecule has 1 aromatic heterocycles. The summed E-state index contributed by atoms with van der Waals surface area (Å²) in [7, 11) is 0. The van der Waals surface area contributed by atoms with Crippen molar-refractivity contribution in [2.24, 2.45) is 5.92 Å². The molecule has 1 aromatic rings. The van der Waals surface area contributed by atoms with Gasteiger partial charge >= 0.3 is 0 Å². The molecule has 16 heavy (non-hydrogen) atoms. The Morgan fingerprint density at radius 2 is 2.19 bits per heavy atom. The third-order valence-corrected chi connectivity index (χ3v) is 3.94. The Morgan fingerprint density at radius 3 is 2.81 bits per heavy atom. The van der Waals surface area contributed by atoms with E-state index in [-0.39, 0.29) is 0 Å². The normalized spacial score (nSPS) is 33.2. The Bertz CT molecular complexity index is 355. The Labute approximate surface area is 96.0 Å². The fourth-order valence-corrected chi connectivity index (χ4v) is 2.99. The molecule has 0 aliphatic carbocycles. The van der Waals surface area contributed by atoms with Gasteiger partial charge in [-0.2, -0.15) is 4.98 Å². The van der Waals surface area contributed by atoms with E-state index in [1.54, 1.807) is 0 Å². The molecule has 2 bridgehead atoms. The minimum Gasteiger partial charge on any atom is -0.339 e. The van der Waals surface area contributed by atoms with Crippen LogP contribution in [0.5, 0.6) is 0 Å². The Morgan fingerprint density at radius 1 is 1.38 bits per heavy atom. The SMILES string of the molecule is CCCc1nc(C2CN3CCC2CC3)no1. The highest BCUT2D eigenvalue weighted by atomic mass is 16.5. The third-order valence-electron chi connectivity index (χ3n) is 3.94. The van der Waals surface area contributed by atoms with Crippen molar-refractivity contribution in [2.75, 3.05) is 19.6 Å². The summed E-state index contributed by atoms with van der Waals surface area (Å²) in [6, 6.07) is 0. The molecule has 0 spiro atoms. The van der Waals surface area contributed by atoms with E-state index in [1.807, 2.05) is 0 Å². The lowest BCUT2D eigenvalue weighted by Crippen LogP contribution is -2.46. The molecule has 4 rings (SSSR count). The van der Waals surface area contributed by atoms with Crippen LogP contribution < -0.4 is 0 Å². The molecular weight excluding hydrogens is 202 g/mol. The van der Waals surface area contributed by atoms with E-state index in [0.29, 0.717) is 5.92 Å². The molecule has 1 atom stereocenters. The maximum atomic E-state index is 5.29. The molecule has 3 saturated heterocycles. The maximum absolute atomic E-state index is 5.29. The first-order chi connectivity index (χ1) is 7.86. The molecule has 0 amide bonds. The Kier molecular flexibility index (Phi) is 2.67. The van der Waals surface area contributed by atoms with Crippen LogP contribution in [0.2, 0.25) is 0 Å². The van der Waals surface area contributed by atoms with Crippen LogP contribution in [0.3, 0.4) is 0 Å². The Balaban J connectivity index is 1.76. The van der Waals surface area contributed by atoms with Crippen LogP contribution in [0.1, 0.15) is 43.8 Å². The zero-order valence-electron chi connectivity index (χ0n) is 9.85. The van der Waals surface area contributed by atoms with Crippen LogP contribution in [0, 0.1) is 5.92 Å². The number of aromatic nitrogens is 2. The van der Waals surface area contributed by atoms with Crippen molar-refractivity contribution in [2.45, 2.75) is 38.5 Å². The second-order valence-electron chi connectivity index (χ2n) is 5.04. The van der Waals surface area contributed by atoms with Gasteiger partial charge in [-0.3, -0.25) is 0 Å². The highest BCUT2D eigenvalue weighted by Crippen LogP contribution is 2.37. The summed E-state index contributed by atoms with van der Waals surface area (Å²) < 4.78 is 5.29. The molecule has 0 radical (unpaired) electrons. The molecule has 0 N–H and O–H groups in total. The molecule has 3 aliphatic heterocycles. The van der Waals surface area contributed by atoms with Crippen molar-refractivity contribution < 1.29 is 4.52 Å². The lowest BCUT2D eigenvalue weighted by molar-refractivity contribution is 0.0825. The fourth-order valence-electron chi connectivity index (χ4n) is 2.99. The highest BCUT2D eigenvalue weighted by molar-refractivity contribution is 5.04. The van der Waals surface area contributed by atoms with E-state index in [2.05, 4.69) is 22.0 Å². The monoisotopic (exact) mass is 221 g/mol. The number of aryl methyl sites for hydroxylation is 1. The number of hydrogen-bond donors (Lipinski definition) is 0. The van der Waals surface area contributed by atoms with E-state index in [4.69, 9.17) is 4.52 Å². The molecule has 3 aliphatic rings. The minimum absolute atomic E-state index is 0.525. The summed E-state index contributed by atoms with van der Waals surface area (Å²) >= 11 is 0. The zero-order chi connectivity index (χ0) is 11.0. The number of hydrogen-bond acceptors (Lipinski definition) is 4. The third kappa shape index (κ3) is 1.75. The van der Waals surface area contributed by atoms with E-state index in [9.17, 15) is 0 Å². The van der Waals surface area contributed by atoms with Gasteiger partial charge in [-0.1, -0.05) is 12.1 Å². The van der Waals surface area contributed by atoms with Crippen LogP contribution in [-0.2, 0) is 6.42 Å². The second-order valence-corrected chi connectivity index (χ2v) is 5.04. The van der Waals surface area contributed by atoms with Gasteiger partial charge in [-0.15, -0.1) is 0 Å². The van der Waals surface area contributed by atoms with Crippen LogP contribution >= 0.6 is 0 Å². The molecule has 1 unspecified atom stereocenters. The summed E-state index contributed by atoms with van der Waals surface area (Å²) in [5.74, 6) is 3.08. The lowest BCUT2D eigenvalue weighted by atomic mass is 9.79. The average Bonchev–Trinajstić information content (AvgIpc) is 2.80. The van der Waals surface area contributed by atoms with Gasteiger partial charge in [-0.25, -0.2) is 0 Å². The molecular formula is C12H19N3O. The van der Waals surface area contributed by atoms with Crippen LogP contribution in [-0.4, -0.2) is 34.7 Å². The van der Waals surface area contributed by atoms with Crippen molar-refractivity contribution in [1.82, 2.24) is 15.0 Å². The molecule has 0 aromatic carbocycles. The summed E-state index contributed by atoms with van der Waals surface area (Å²) in [5, 5.41) is 4.16. The van der Waals surface area contributed by atoms with Crippen LogP contribution in [0.4, 0.5) is 0 Å². The van der Waals surface area contributed by atoms with Gasteiger partial charge in [-0.05, 0) is 38.3 Å². The maximum Gasteiger partial charge on any atom is 0.226 e. The van der Waals surface area contributed by atoms with E-state index < -0.39 is 0 Å². The Hall–Kier alpha value is -0.900. The fraction of sp³-hybridized carbons (Fsp3) is 0.833. The van der Waals surface area contributed by atoms with Gasteiger partial charge in [0.05, 0.1) is 0 Å². The molecule has 4 heteroatoms. The molecule has 88 valence electrons. The first kappa shape index (κ1) is 10.3.